The fourth-order valence-corrected chi connectivity index (χ4v) is 8.17. The van der Waals surface area contributed by atoms with Gasteiger partial charge in [0.25, 0.3) is 0 Å². The van der Waals surface area contributed by atoms with Gasteiger partial charge in [-0.2, -0.15) is 0 Å². The maximum absolute atomic E-state index is 11.1. The molecule has 4 aliphatic rings. The van der Waals surface area contributed by atoms with E-state index in [0.29, 0.717) is 35.0 Å². The van der Waals surface area contributed by atoms with Gasteiger partial charge in [0.2, 0.25) is 0 Å². The molecular weight excluding hydrogens is 368 g/mol. The average Bonchev–Trinajstić information content (AvgIpc) is 3.04. The Balaban J connectivity index is 1.58. The second-order valence-corrected chi connectivity index (χ2v) is 12.4. The van der Waals surface area contributed by atoms with Crippen LogP contribution in [0.25, 0.3) is 0 Å². The Morgan fingerprint density at radius 3 is 2.27 bits per heavy atom. The number of aliphatic hydroxyl groups is 2. The number of hydrogen-bond acceptors (Lipinski definition) is 2. The summed E-state index contributed by atoms with van der Waals surface area (Å²) in [4.78, 5) is 0. The average molecular weight is 415 g/mol. The first-order valence-electron chi connectivity index (χ1n) is 12.8. The van der Waals surface area contributed by atoms with Crippen LogP contribution in [0.1, 0.15) is 86.5 Å². The second kappa shape index (κ2) is 8.07. The Bertz CT molecular complexity index is 693. The van der Waals surface area contributed by atoms with E-state index < -0.39 is 0 Å². The molecule has 0 aromatic rings. The number of allylic oxidation sites excluding steroid dienone is 3. The van der Waals surface area contributed by atoms with Gasteiger partial charge in [-0.05, 0) is 97.2 Å². The molecule has 0 aliphatic heterocycles. The number of rotatable bonds is 4. The summed E-state index contributed by atoms with van der Waals surface area (Å²) in [5.41, 5.74) is 2.13. The third-order valence-corrected chi connectivity index (χ3v) is 10.6. The van der Waals surface area contributed by atoms with Crippen molar-refractivity contribution in [2.45, 2.75) is 98.7 Å². The largest absolute Gasteiger partial charge is 0.393 e. The Labute approximate surface area is 185 Å². The summed E-state index contributed by atoms with van der Waals surface area (Å²) in [6.45, 7) is 14.4. The molecule has 30 heavy (non-hydrogen) atoms. The van der Waals surface area contributed by atoms with E-state index in [1.807, 2.05) is 0 Å². The first kappa shape index (κ1) is 22.6. The molecular formula is C28H46O2. The Morgan fingerprint density at radius 2 is 1.57 bits per heavy atom. The predicted molar refractivity (Wildman–Crippen MR) is 125 cm³/mol. The fourth-order valence-electron chi connectivity index (χ4n) is 8.17. The van der Waals surface area contributed by atoms with E-state index in [1.54, 1.807) is 5.57 Å². The van der Waals surface area contributed by atoms with Crippen molar-refractivity contribution in [2.75, 3.05) is 0 Å². The Hall–Kier alpha value is -0.600. The molecule has 10 atom stereocenters. The van der Waals surface area contributed by atoms with E-state index in [1.165, 1.54) is 25.7 Å². The van der Waals surface area contributed by atoms with Gasteiger partial charge in [-0.25, -0.2) is 0 Å². The molecule has 0 aromatic carbocycles. The lowest BCUT2D eigenvalue weighted by Crippen LogP contribution is -2.53. The van der Waals surface area contributed by atoms with Crippen LogP contribution in [-0.2, 0) is 0 Å². The number of aliphatic hydroxyl groups excluding tert-OH is 2. The standard InChI is InChI=1S/C28H46O2/c1-17(2)18(3)7-8-19(4)22-9-10-23-21-16-26(30)25-15-20(29)11-13-28(25,6)24(21)12-14-27(22,23)5/h7-8,16-20,22-26,29-30H,9-15H2,1-6H3/b8-7+/t18-,19+,20-,22+,23-,24-,25+,26-,27+,28+/m0/s1. The van der Waals surface area contributed by atoms with Gasteiger partial charge >= 0.3 is 0 Å². The second-order valence-electron chi connectivity index (χ2n) is 12.4. The van der Waals surface area contributed by atoms with Crippen molar-refractivity contribution < 1.29 is 10.2 Å². The van der Waals surface area contributed by atoms with Gasteiger partial charge in [0.15, 0.2) is 0 Å². The van der Waals surface area contributed by atoms with Gasteiger partial charge < -0.3 is 10.2 Å². The van der Waals surface area contributed by atoms with Gasteiger partial charge in [0.05, 0.1) is 12.2 Å². The monoisotopic (exact) mass is 414 g/mol. The molecule has 0 saturated heterocycles. The predicted octanol–water partition coefficient (Wildman–Crippen LogP) is 6.38. The Kier molecular flexibility index (Phi) is 6.08. The normalized spacial score (nSPS) is 48.1. The quantitative estimate of drug-likeness (QED) is 0.524. The number of fused-ring (bicyclic) bond motifs is 5. The van der Waals surface area contributed by atoms with Crippen LogP contribution in [0.5, 0.6) is 0 Å². The topological polar surface area (TPSA) is 40.5 Å². The van der Waals surface area contributed by atoms with Gasteiger partial charge in [-0.3, -0.25) is 0 Å². The molecule has 0 amide bonds. The van der Waals surface area contributed by atoms with Crippen LogP contribution in [0, 0.1) is 52.3 Å². The third-order valence-electron chi connectivity index (χ3n) is 10.6. The molecule has 0 heterocycles. The number of hydrogen-bond donors (Lipinski definition) is 2. The molecule has 2 N–H and O–H groups in total. The molecule has 4 rings (SSSR count). The van der Waals surface area contributed by atoms with Crippen LogP contribution >= 0.6 is 0 Å². The van der Waals surface area contributed by atoms with Crippen LogP contribution < -0.4 is 0 Å². The minimum Gasteiger partial charge on any atom is -0.393 e. The highest BCUT2D eigenvalue weighted by atomic mass is 16.3. The third kappa shape index (κ3) is 3.54. The molecule has 2 nitrogen and oxygen atoms in total. The van der Waals surface area contributed by atoms with Crippen molar-refractivity contribution in [2.24, 2.45) is 52.3 Å². The smallest absolute Gasteiger partial charge is 0.0758 e. The van der Waals surface area contributed by atoms with Crippen LogP contribution in [0.15, 0.2) is 23.8 Å². The molecule has 170 valence electrons. The first-order chi connectivity index (χ1) is 14.1. The summed E-state index contributed by atoms with van der Waals surface area (Å²) in [6, 6.07) is 0. The molecule has 0 spiro atoms. The molecule has 2 heteroatoms. The van der Waals surface area contributed by atoms with Crippen LogP contribution in [0.4, 0.5) is 0 Å². The lowest BCUT2D eigenvalue weighted by molar-refractivity contribution is -0.0829. The van der Waals surface area contributed by atoms with E-state index >= 15 is 0 Å². The molecule has 4 aliphatic carbocycles. The van der Waals surface area contributed by atoms with Crippen molar-refractivity contribution in [3.63, 3.8) is 0 Å². The lowest BCUT2D eigenvalue weighted by atomic mass is 9.47. The highest BCUT2D eigenvalue weighted by Gasteiger charge is 2.59. The minimum absolute atomic E-state index is 0.167. The van der Waals surface area contributed by atoms with Gasteiger partial charge in [-0.15, -0.1) is 0 Å². The fraction of sp³-hybridized carbons (Fsp3) is 0.857. The summed E-state index contributed by atoms with van der Waals surface area (Å²) in [5, 5.41) is 21.4. The molecule has 0 aromatic heterocycles. The van der Waals surface area contributed by atoms with E-state index in [-0.39, 0.29) is 23.5 Å². The van der Waals surface area contributed by atoms with Crippen LogP contribution in [-0.4, -0.2) is 22.4 Å². The van der Waals surface area contributed by atoms with Gasteiger partial charge in [0, 0.05) is 0 Å². The summed E-state index contributed by atoms with van der Waals surface area (Å²) in [7, 11) is 0. The van der Waals surface area contributed by atoms with E-state index in [2.05, 4.69) is 59.8 Å². The summed E-state index contributed by atoms with van der Waals surface area (Å²) < 4.78 is 0. The molecule has 0 bridgehead atoms. The Morgan fingerprint density at radius 1 is 0.900 bits per heavy atom. The van der Waals surface area contributed by atoms with E-state index in [9.17, 15) is 10.2 Å². The summed E-state index contributed by atoms with van der Waals surface area (Å²) >= 11 is 0. The first-order valence-corrected chi connectivity index (χ1v) is 12.8. The van der Waals surface area contributed by atoms with Gasteiger partial charge in [-0.1, -0.05) is 65.3 Å². The molecule has 3 fully saturated rings. The minimum atomic E-state index is -0.373. The zero-order chi connectivity index (χ0) is 21.8. The summed E-state index contributed by atoms with van der Waals surface area (Å²) in [5.74, 6) is 4.20. The SMILES string of the molecule is CC(C)[C@@H](C)/C=C/[C@@H](C)[C@H]1CC[C@H]2C3=C[C@H](O)[C@H]4C[C@@H](O)CC[C@]4(C)[C@H]3CC[C@]12C. The highest BCUT2D eigenvalue weighted by molar-refractivity contribution is 5.30. The maximum Gasteiger partial charge on any atom is 0.0758 e. The molecule has 0 unspecified atom stereocenters. The zero-order valence-electron chi connectivity index (χ0n) is 20.3. The maximum atomic E-state index is 11.1. The molecule has 3 saturated carbocycles. The van der Waals surface area contributed by atoms with Crippen molar-refractivity contribution in [3.05, 3.63) is 23.8 Å². The van der Waals surface area contributed by atoms with Crippen molar-refractivity contribution in [1.82, 2.24) is 0 Å². The summed E-state index contributed by atoms with van der Waals surface area (Å²) in [6.07, 6.45) is 14.6. The lowest BCUT2D eigenvalue weighted by Gasteiger charge is -2.58. The van der Waals surface area contributed by atoms with Crippen LogP contribution in [0.2, 0.25) is 0 Å². The van der Waals surface area contributed by atoms with Crippen LogP contribution in [0.3, 0.4) is 0 Å². The van der Waals surface area contributed by atoms with Crippen molar-refractivity contribution in [1.29, 1.82) is 0 Å². The zero-order valence-corrected chi connectivity index (χ0v) is 20.3. The molecule has 0 radical (unpaired) electrons. The van der Waals surface area contributed by atoms with E-state index in [0.717, 1.165) is 25.2 Å². The highest BCUT2D eigenvalue weighted by Crippen LogP contribution is 2.66. The van der Waals surface area contributed by atoms with Crippen molar-refractivity contribution >= 4 is 0 Å². The van der Waals surface area contributed by atoms with Gasteiger partial charge in [0.1, 0.15) is 0 Å². The van der Waals surface area contributed by atoms with Crippen molar-refractivity contribution in [3.8, 4) is 0 Å². The van der Waals surface area contributed by atoms with E-state index in [4.69, 9.17) is 0 Å².